The molecule has 0 aromatic rings. The molecule has 0 aliphatic heterocycles. The van der Waals surface area contributed by atoms with Gasteiger partial charge in [-0.2, -0.15) is 0 Å². The quantitative estimate of drug-likeness (QED) is 0.0532. The smallest absolute Gasteiger partial charge is 0.362 e. The van der Waals surface area contributed by atoms with E-state index < -0.39 is 40.5 Å². The molecule has 240 valence electrons. The number of aliphatic carboxylic acids is 3. The lowest BCUT2D eigenvalue weighted by atomic mass is 9.93. The van der Waals surface area contributed by atoms with E-state index in [-0.39, 0.29) is 25.8 Å². The van der Waals surface area contributed by atoms with Gasteiger partial charge >= 0.3 is 11.9 Å². The molecule has 0 bridgehead atoms. The molecule has 3 atom stereocenters. The molecule has 7 nitrogen and oxygen atoms in total. The van der Waals surface area contributed by atoms with Gasteiger partial charge in [-0.05, 0) is 38.5 Å². The van der Waals surface area contributed by atoms with Gasteiger partial charge in [-0.1, -0.05) is 117 Å². The van der Waals surface area contributed by atoms with Gasteiger partial charge in [0.2, 0.25) is 0 Å². The number of rotatable bonds is 29. The van der Waals surface area contributed by atoms with Crippen molar-refractivity contribution in [2.45, 2.75) is 181 Å². The van der Waals surface area contributed by atoms with E-state index in [4.69, 9.17) is 0 Å². The predicted molar refractivity (Wildman–Crippen MR) is 166 cm³/mol. The highest BCUT2D eigenvalue weighted by Gasteiger charge is 2.53. The second kappa shape index (κ2) is 24.7. The van der Waals surface area contributed by atoms with Gasteiger partial charge in [0.1, 0.15) is 6.04 Å². The molecule has 0 saturated heterocycles. The van der Waals surface area contributed by atoms with E-state index in [1.54, 1.807) is 20.8 Å². The molecule has 0 heterocycles. The third kappa shape index (κ3) is 15.2. The van der Waals surface area contributed by atoms with Crippen molar-refractivity contribution in [3.05, 3.63) is 12.2 Å². The van der Waals surface area contributed by atoms with Crippen LogP contribution < -0.4 is 5.11 Å². The SMILES string of the molecule is CCCCCCCCC/C=C/CCCCCCCCCCC[N+](C(CC)C(=O)[O-])(C(CC)C(=O)O)C(CC)C(=O)O. The first kappa shape index (κ1) is 39.1. The van der Waals surface area contributed by atoms with E-state index in [2.05, 4.69) is 19.1 Å². The van der Waals surface area contributed by atoms with Crippen LogP contribution in [-0.2, 0) is 14.4 Å². The first-order chi connectivity index (χ1) is 19.7. The Morgan fingerprint density at radius 2 is 0.902 bits per heavy atom. The molecule has 0 aliphatic rings. The van der Waals surface area contributed by atoms with Crippen LogP contribution in [0.5, 0.6) is 0 Å². The fraction of sp³-hybridized carbons (Fsp3) is 0.853. The zero-order valence-electron chi connectivity index (χ0n) is 26.9. The van der Waals surface area contributed by atoms with Crippen molar-refractivity contribution in [1.29, 1.82) is 0 Å². The summed E-state index contributed by atoms with van der Waals surface area (Å²) in [5.41, 5.74) is 0. The molecule has 2 N–H and O–H groups in total. The summed E-state index contributed by atoms with van der Waals surface area (Å²) >= 11 is 0. The number of quaternary nitrogens is 1. The Hall–Kier alpha value is -1.89. The van der Waals surface area contributed by atoms with Crippen LogP contribution in [0, 0.1) is 0 Å². The van der Waals surface area contributed by atoms with Crippen LogP contribution in [0.4, 0.5) is 0 Å². The molecule has 0 amide bonds. The van der Waals surface area contributed by atoms with E-state index in [9.17, 15) is 29.7 Å². The van der Waals surface area contributed by atoms with Crippen molar-refractivity contribution in [2.24, 2.45) is 0 Å². The minimum absolute atomic E-state index is 0.130. The number of nitrogens with zero attached hydrogens (tertiary/aromatic N) is 1. The molecule has 0 aliphatic carbocycles. The average Bonchev–Trinajstić information content (AvgIpc) is 2.92. The highest BCUT2D eigenvalue weighted by molar-refractivity contribution is 5.77. The van der Waals surface area contributed by atoms with E-state index >= 15 is 0 Å². The molecule has 3 unspecified atom stereocenters. The molecule has 0 spiro atoms. The second-order valence-electron chi connectivity index (χ2n) is 11.8. The van der Waals surface area contributed by atoms with Crippen LogP contribution >= 0.6 is 0 Å². The van der Waals surface area contributed by atoms with Crippen LogP contribution in [-0.4, -0.2) is 57.3 Å². The maximum Gasteiger partial charge on any atom is 0.362 e. The third-order valence-corrected chi connectivity index (χ3v) is 8.80. The fourth-order valence-corrected chi connectivity index (χ4v) is 6.60. The lowest BCUT2D eigenvalue weighted by Gasteiger charge is -2.51. The van der Waals surface area contributed by atoms with Crippen molar-refractivity contribution < 1.29 is 34.2 Å². The molecule has 0 saturated carbocycles. The van der Waals surface area contributed by atoms with Crippen molar-refractivity contribution >= 4 is 17.9 Å². The fourth-order valence-electron chi connectivity index (χ4n) is 6.60. The van der Waals surface area contributed by atoms with Crippen molar-refractivity contribution in [3.63, 3.8) is 0 Å². The number of allylic oxidation sites excluding steroid dienone is 2. The summed E-state index contributed by atoms with van der Waals surface area (Å²) in [5.74, 6) is -3.65. The van der Waals surface area contributed by atoms with Crippen LogP contribution in [0.2, 0.25) is 0 Å². The predicted octanol–water partition coefficient (Wildman–Crippen LogP) is 7.66. The summed E-state index contributed by atoms with van der Waals surface area (Å²) in [7, 11) is 0. The summed E-state index contributed by atoms with van der Waals surface area (Å²) < 4.78 is -0.468. The Morgan fingerprint density at radius 3 is 1.22 bits per heavy atom. The van der Waals surface area contributed by atoms with Gasteiger partial charge in [0, 0.05) is 19.3 Å². The summed E-state index contributed by atoms with van der Waals surface area (Å²) in [6.45, 7) is 7.53. The van der Waals surface area contributed by atoms with E-state index in [0.29, 0.717) is 6.42 Å². The maximum absolute atomic E-state index is 12.2. The highest BCUT2D eigenvalue weighted by Crippen LogP contribution is 2.32. The zero-order valence-corrected chi connectivity index (χ0v) is 26.9. The molecule has 0 aromatic heterocycles. The lowest BCUT2D eigenvalue weighted by Crippen LogP contribution is -2.73. The van der Waals surface area contributed by atoms with Crippen LogP contribution in [0.15, 0.2) is 12.2 Å². The summed E-state index contributed by atoms with van der Waals surface area (Å²) in [4.78, 5) is 36.6. The van der Waals surface area contributed by atoms with Crippen LogP contribution in [0.3, 0.4) is 0 Å². The Labute approximate surface area is 251 Å². The Bertz CT molecular complexity index is 667. The molecule has 0 fully saturated rings. The van der Waals surface area contributed by atoms with Gasteiger partial charge in [-0.15, -0.1) is 0 Å². The lowest BCUT2D eigenvalue weighted by molar-refractivity contribution is -0.974. The first-order valence-corrected chi connectivity index (χ1v) is 16.9. The van der Waals surface area contributed by atoms with Crippen molar-refractivity contribution in [2.75, 3.05) is 6.54 Å². The minimum Gasteiger partial charge on any atom is -0.544 e. The Morgan fingerprint density at radius 1 is 0.561 bits per heavy atom. The number of carboxylic acid groups (broad SMARTS) is 3. The van der Waals surface area contributed by atoms with Crippen molar-refractivity contribution in [1.82, 2.24) is 0 Å². The molecule has 0 radical (unpaired) electrons. The number of unbranched alkanes of at least 4 members (excludes halogenated alkanes) is 16. The van der Waals surface area contributed by atoms with Crippen molar-refractivity contribution in [3.8, 4) is 0 Å². The summed E-state index contributed by atoms with van der Waals surface area (Å²) in [6.07, 6.45) is 26.7. The first-order valence-electron chi connectivity index (χ1n) is 16.9. The largest absolute Gasteiger partial charge is 0.544 e. The van der Waals surface area contributed by atoms with Gasteiger partial charge in [-0.25, -0.2) is 9.59 Å². The van der Waals surface area contributed by atoms with E-state index in [0.717, 1.165) is 25.7 Å². The molecular formula is C34H63NO6. The average molecular weight is 582 g/mol. The zero-order chi connectivity index (χ0) is 30.9. The normalized spacial score (nSPS) is 15.4. The topological polar surface area (TPSA) is 115 Å². The Kier molecular flexibility index (Phi) is 23.5. The molecular weight excluding hydrogens is 518 g/mol. The number of carboxylic acids is 3. The van der Waals surface area contributed by atoms with Gasteiger partial charge in [0.25, 0.3) is 0 Å². The number of hydrogen-bond donors (Lipinski definition) is 2. The van der Waals surface area contributed by atoms with Gasteiger partial charge < -0.3 is 20.1 Å². The monoisotopic (exact) mass is 581 g/mol. The van der Waals surface area contributed by atoms with Gasteiger partial charge in [0.05, 0.1) is 12.5 Å². The van der Waals surface area contributed by atoms with Crippen LogP contribution in [0.25, 0.3) is 0 Å². The van der Waals surface area contributed by atoms with E-state index in [1.807, 2.05) is 0 Å². The van der Waals surface area contributed by atoms with Gasteiger partial charge in [-0.3, -0.25) is 4.48 Å². The molecule has 7 heteroatoms. The van der Waals surface area contributed by atoms with Gasteiger partial charge in [0.15, 0.2) is 12.1 Å². The third-order valence-electron chi connectivity index (χ3n) is 8.80. The highest BCUT2D eigenvalue weighted by atomic mass is 16.4. The molecule has 41 heavy (non-hydrogen) atoms. The maximum atomic E-state index is 12.2. The summed E-state index contributed by atoms with van der Waals surface area (Å²) in [6, 6.07) is -3.38. The second-order valence-corrected chi connectivity index (χ2v) is 11.8. The molecule has 0 rings (SSSR count). The number of carbonyl (C=O) groups is 3. The number of carbonyl (C=O) groups excluding carboxylic acids is 1. The van der Waals surface area contributed by atoms with Crippen LogP contribution in [0.1, 0.15) is 163 Å². The Balaban J connectivity index is 4.45. The number of hydrogen-bond acceptors (Lipinski definition) is 4. The van der Waals surface area contributed by atoms with E-state index in [1.165, 1.54) is 83.5 Å². The summed E-state index contributed by atoms with van der Waals surface area (Å²) in [5, 5.41) is 32.2. The standard InChI is InChI=1S/C34H63NO6/c1-5-9-10-11-12-13-14-15-16-17-18-19-20-21-22-23-24-25-26-27-28-35(29(6-2)32(36)37,30(7-3)33(38)39)31(8-4)34(40)41/h16-17,29-31H,5-15,18-28H2,1-4H3,(H2-,36,37,38,39,40,41)/b17-16+. The molecule has 0 aromatic carbocycles. The minimum atomic E-state index is -1.37.